The standard InChI is InChI=1S/C15H22O4S2Si/c1-5-15(21(18,19)13-9-7-6-8-10-13)12-20(16,17)11-14(15)22(2,3)4/h6-11H,5,12H2,1-4H3. The van der Waals surface area contributed by atoms with Crippen molar-refractivity contribution in [2.24, 2.45) is 0 Å². The lowest BCUT2D eigenvalue weighted by Gasteiger charge is -2.35. The third-order valence-corrected chi connectivity index (χ3v) is 11.0. The maximum absolute atomic E-state index is 13.2. The Hall–Kier alpha value is -0.923. The van der Waals surface area contributed by atoms with E-state index in [2.05, 4.69) is 0 Å². The Morgan fingerprint density at radius 2 is 1.68 bits per heavy atom. The van der Waals surface area contributed by atoms with E-state index in [0.717, 1.165) is 0 Å². The van der Waals surface area contributed by atoms with E-state index < -0.39 is 32.5 Å². The highest BCUT2D eigenvalue weighted by Crippen LogP contribution is 2.45. The fourth-order valence-electron chi connectivity index (χ4n) is 3.12. The normalized spacial score (nSPS) is 25.0. The molecule has 0 spiro atoms. The Bertz CT molecular complexity index is 803. The maximum Gasteiger partial charge on any atom is 0.188 e. The molecule has 7 heteroatoms. The van der Waals surface area contributed by atoms with Crippen LogP contribution in [-0.4, -0.2) is 35.4 Å². The quantitative estimate of drug-likeness (QED) is 0.776. The van der Waals surface area contributed by atoms with Gasteiger partial charge in [0.05, 0.1) is 18.7 Å². The Balaban J connectivity index is 2.76. The van der Waals surface area contributed by atoms with E-state index in [-0.39, 0.29) is 17.1 Å². The first-order chi connectivity index (χ1) is 9.96. The molecule has 1 aromatic rings. The molecule has 1 heterocycles. The molecule has 1 unspecified atom stereocenters. The van der Waals surface area contributed by atoms with Gasteiger partial charge >= 0.3 is 0 Å². The van der Waals surface area contributed by atoms with E-state index in [1.807, 2.05) is 19.6 Å². The molecule has 1 aromatic carbocycles. The van der Waals surface area contributed by atoms with Crippen molar-refractivity contribution in [1.29, 1.82) is 0 Å². The smallest absolute Gasteiger partial charge is 0.188 e. The predicted molar refractivity (Wildman–Crippen MR) is 91.9 cm³/mol. The van der Waals surface area contributed by atoms with Crippen LogP contribution in [0.15, 0.2) is 45.8 Å². The van der Waals surface area contributed by atoms with Crippen molar-refractivity contribution >= 4 is 27.7 Å². The van der Waals surface area contributed by atoms with Gasteiger partial charge in [0.25, 0.3) is 0 Å². The van der Waals surface area contributed by atoms with Crippen LogP contribution < -0.4 is 0 Å². The van der Waals surface area contributed by atoms with Crippen molar-refractivity contribution in [3.8, 4) is 0 Å². The van der Waals surface area contributed by atoms with Gasteiger partial charge in [0, 0.05) is 5.41 Å². The van der Waals surface area contributed by atoms with E-state index in [1.54, 1.807) is 37.3 Å². The molecule has 2 rings (SSSR count). The van der Waals surface area contributed by atoms with Crippen LogP contribution in [0.25, 0.3) is 0 Å². The third kappa shape index (κ3) is 2.70. The van der Waals surface area contributed by atoms with Gasteiger partial charge in [0.15, 0.2) is 19.7 Å². The molecule has 0 saturated heterocycles. The van der Waals surface area contributed by atoms with Crippen LogP contribution in [-0.2, 0) is 19.7 Å². The van der Waals surface area contributed by atoms with Crippen LogP contribution in [0.2, 0.25) is 19.6 Å². The fourth-order valence-corrected chi connectivity index (χ4v) is 12.7. The lowest BCUT2D eigenvalue weighted by Crippen LogP contribution is -2.48. The van der Waals surface area contributed by atoms with Gasteiger partial charge in [-0.05, 0) is 23.7 Å². The Labute approximate surface area is 134 Å². The SMILES string of the molecule is CCC1(S(=O)(=O)c2ccccc2)CS(=O)(=O)C=C1[Si](C)(C)C. The molecule has 0 N–H and O–H groups in total. The Morgan fingerprint density at radius 1 is 1.14 bits per heavy atom. The van der Waals surface area contributed by atoms with E-state index >= 15 is 0 Å². The van der Waals surface area contributed by atoms with Crippen molar-refractivity contribution in [2.45, 2.75) is 42.6 Å². The molecular formula is C15H22O4S2Si. The molecule has 1 atom stereocenters. The average Bonchev–Trinajstić information content (AvgIpc) is 2.73. The molecule has 22 heavy (non-hydrogen) atoms. The topological polar surface area (TPSA) is 68.3 Å². The Morgan fingerprint density at radius 3 is 2.14 bits per heavy atom. The highest BCUT2D eigenvalue weighted by atomic mass is 32.2. The highest BCUT2D eigenvalue weighted by Gasteiger charge is 2.56. The molecule has 122 valence electrons. The second-order valence-electron chi connectivity index (χ2n) is 6.75. The van der Waals surface area contributed by atoms with Crippen molar-refractivity contribution in [2.75, 3.05) is 5.75 Å². The van der Waals surface area contributed by atoms with Crippen LogP contribution in [0.5, 0.6) is 0 Å². The second kappa shape index (κ2) is 5.32. The number of benzene rings is 1. The van der Waals surface area contributed by atoms with Crippen molar-refractivity contribution in [3.63, 3.8) is 0 Å². The molecule has 1 aliphatic rings. The summed E-state index contributed by atoms with van der Waals surface area (Å²) in [7, 11) is -9.37. The number of rotatable bonds is 4. The van der Waals surface area contributed by atoms with Crippen LogP contribution in [0.3, 0.4) is 0 Å². The molecule has 0 aromatic heterocycles. The van der Waals surface area contributed by atoms with E-state index in [1.165, 1.54) is 5.41 Å². The lowest BCUT2D eigenvalue weighted by atomic mass is 10.1. The minimum atomic E-state index is -3.77. The summed E-state index contributed by atoms with van der Waals surface area (Å²) >= 11 is 0. The first kappa shape index (κ1) is 17.4. The number of hydrogen-bond donors (Lipinski definition) is 0. The zero-order chi connectivity index (χ0) is 16.8. The summed E-state index contributed by atoms with van der Waals surface area (Å²) in [4.78, 5) is 0.193. The molecule has 0 fully saturated rings. The largest absolute Gasteiger partial charge is 0.224 e. The van der Waals surface area contributed by atoms with Crippen molar-refractivity contribution < 1.29 is 16.8 Å². The lowest BCUT2D eigenvalue weighted by molar-refractivity contribution is 0.550. The summed E-state index contributed by atoms with van der Waals surface area (Å²) in [6.07, 6.45) is 0.263. The van der Waals surface area contributed by atoms with Gasteiger partial charge in [-0.1, -0.05) is 44.8 Å². The Kier molecular flexibility index (Phi) is 4.21. The zero-order valence-corrected chi connectivity index (χ0v) is 16.0. The molecule has 0 amide bonds. The van der Waals surface area contributed by atoms with Gasteiger partial charge in [0.1, 0.15) is 4.75 Å². The van der Waals surface area contributed by atoms with Gasteiger partial charge in [-0.2, -0.15) is 0 Å². The summed E-state index contributed by atoms with van der Waals surface area (Å²) in [5, 5.41) is 1.86. The number of sulfone groups is 2. The van der Waals surface area contributed by atoms with E-state index in [4.69, 9.17) is 0 Å². The molecule has 4 nitrogen and oxygen atoms in total. The first-order valence-corrected chi connectivity index (χ1v) is 13.9. The molecule has 0 radical (unpaired) electrons. The summed E-state index contributed by atoms with van der Waals surface area (Å²) in [6.45, 7) is 7.73. The van der Waals surface area contributed by atoms with E-state index in [9.17, 15) is 16.8 Å². The molecular weight excluding hydrogens is 336 g/mol. The molecule has 0 aliphatic carbocycles. The van der Waals surface area contributed by atoms with Crippen LogP contribution in [0.1, 0.15) is 13.3 Å². The van der Waals surface area contributed by atoms with Gasteiger partial charge in [0.2, 0.25) is 0 Å². The molecule has 1 aliphatic heterocycles. The first-order valence-electron chi connectivity index (χ1n) is 7.21. The van der Waals surface area contributed by atoms with Gasteiger partial charge < -0.3 is 0 Å². The minimum absolute atomic E-state index is 0.193. The van der Waals surface area contributed by atoms with E-state index in [0.29, 0.717) is 5.20 Å². The van der Waals surface area contributed by atoms with Crippen LogP contribution in [0, 0.1) is 0 Å². The summed E-state index contributed by atoms with van der Waals surface area (Å²) < 4.78 is 49.6. The van der Waals surface area contributed by atoms with Crippen molar-refractivity contribution in [1.82, 2.24) is 0 Å². The minimum Gasteiger partial charge on any atom is -0.224 e. The average molecular weight is 359 g/mol. The van der Waals surface area contributed by atoms with Crippen LogP contribution >= 0.6 is 0 Å². The summed E-state index contributed by atoms with van der Waals surface area (Å²) in [6, 6.07) is 8.16. The maximum atomic E-state index is 13.2. The third-order valence-electron chi connectivity index (χ3n) is 4.17. The summed E-state index contributed by atoms with van der Waals surface area (Å²) in [5.41, 5.74) is 0. The monoisotopic (exact) mass is 358 g/mol. The predicted octanol–water partition coefficient (Wildman–Crippen LogP) is 2.80. The van der Waals surface area contributed by atoms with Crippen LogP contribution in [0.4, 0.5) is 0 Å². The van der Waals surface area contributed by atoms with Gasteiger partial charge in [-0.15, -0.1) is 0 Å². The van der Waals surface area contributed by atoms with Gasteiger partial charge in [-0.25, -0.2) is 16.8 Å². The highest BCUT2D eigenvalue weighted by molar-refractivity contribution is 7.98. The fraction of sp³-hybridized carbons (Fsp3) is 0.467. The van der Waals surface area contributed by atoms with Crippen molar-refractivity contribution in [3.05, 3.63) is 40.9 Å². The second-order valence-corrected chi connectivity index (χ2v) is 15.9. The summed E-state index contributed by atoms with van der Waals surface area (Å²) in [5.74, 6) is -0.340. The molecule has 0 bridgehead atoms. The zero-order valence-electron chi connectivity index (χ0n) is 13.3. The van der Waals surface area contributed by atoms with Gasteiger partial charge in [-0.3, -0.25) is 0 Å². The molecule has 0 saturated carbocycles. The number of hydrogen-bond acceptors (Lipinski definition) is 4.